The summed E-state index contributed by atoms with van der Waals surface area (Å²) in [7, 11) is 0. The molecule has 9 aromatic rings. The maximum Gasteiger partial charge on any atom is 0.159 e. The quantitative estimate of drug-likeness (QED) is 0.193. The molecule has 0 amide bonds. The summed E-state index contributed by atoms with van der Waals surface area (Å²) >= 11 is 1.84. The number of nitrogens with zero attached hydrogens (tertiary/aromatic N) is 1. The molecule has 0 aliphatic rings. The Hall–Kier alpha value is -5.64. The Morgan fingerprint density at radius 2 is 1.30 bits per heavy atom. The van der Waals surface area contributed by atoms with Crippen LogP contribution in [0.2, 0.25) is 0 Å². The summed E-state index contributed by atoms with van der Waals surface area (Å²) in [6.07, 6.45) is 4.28. The molecule has 9 rings (SSSR count). The van der Waals surface area contributed by atoms with Crippen molar-refractivity contribution in [3.8, 4) is 11.1 Å². The first-order chi connectivity index (χ1) is 22.8. The zero-order valence-corrected chi connectivity index (χ0v) is 26.1. The molecule has 46 heavy (non-hydrogen) atoms. The summed E-state index contributed by atoms with van der Waals surface area (Å²) in [5, 5.41) is 7.20. The van der Waals surface area contributed by atoms with E-state index in [1.54, 1.807) is 0 Å². The van der Waals surface area contributed by atoms with Gasteiger partial charge in [-0.15, -0.1) is 11.3 Å². The number of para-hydroxylation sites is 2. The fourth-order valence-corrected chi connectivity index (χ4v) is 8.02. The van der Waals surface area contributed by atoms with E-state index < -0.39 is 0 Å². The first-order valence-corrected chi connectivity index (χ1v) is 16.4. The lowest BCUT2D eigenvalue weighted by Crippen LogP contribution is -2.10. The van der Waals surface area contributed by atoms with E-state index in [9.17, 15) is 0 Å². The van der Waals surface area contributed by atoms with Crippen LogP contribution in [0.4, 0.5) is 17.1 Å². The molecular weight excluding hydrogens is 579 g/mol. The Labute approximate surface area is 271 Å². The van der Waals surface area contributed by atoms with Gasteiger partial charge in [0, 0.05) is 42.0 Å². The van der Waals surface area contributed by atoms with Crippen molar-refractivity contribution in [3.05, 3.63) is 157 Å². The fraction of sp³-hybridized carbons (Fsp3) is 0.0233. The monoisotopic (exact) mass is 607 g/mol. The van der Waals surface area contributed by atoms with Crippen molar-refractivity contribution in [1.29, 1.82) is 0 Å². The molecule has 218 valence electrons. The summed E-state index contributed by atoms with van der Waals surface area (Å²) in [4.78, 5) is 2.38. The van der Waals surface area contributed by atoms with Crippen LogP contribution in [0, 0.1) is 0 Å². The van der Waals surface area contributed by atoms with Crippen LogP contribution >= 0.6 is 11.3 Å². The molecule has 0 saturated carbocycles. The second-order valence-corrected chi connectivity index (χ2v) is 12.8. The number of hydrogen-bond donors (Lipinski definition) is 0. The number of fused-ring (bicyclic) bond motifs is 7. The highest BCUT2D eigenvalue weighted by atomic mass is 32.1. The topological polar surface area (TPSA) is 16.4 Å². The van der Waals surface area contributed by atoms with Gasteiger partial charge in [-0.1, -0.05) is 115 Å². The molecule has 3 heteroatoms. The Kier molecular flexibility index (Phi) is 6.25. The SMILES string of the molecule is C/C=C\c1ccccc1-c1ccc2c(N(c3ccc4c(c3)sc3ccccc34)c3cccc4c3oc3ccccc34)cccc2c1. The number of hydrogen-bond acceptors (Lipinski definition) is 3. The smallest absolute Gasteiger partial charge is 0.159 e. The van der Waals surface area contributed by atoms with Gasteiger partial charge in [0.05, 0.1) is 11.4 Å². The molecule has 0 unspecified atom stereocenters. The number of anilines is 3. The van der Waals surface area contributed by atoms with Gasteiger partial charge in [0.1, 0.15) is 5.58 Å². The second-order valence-electron chi connectivity index (χ2n) is 11.7. The summed E-state index contributed by atoms with van der Waals surface area (Å²) in [5.41, 5.74) is 8.66. The van der Waals surface area contributed by atoms with E-state index >= 15 is 0 Å². The first kappa shape index (κ1) is 26.7. The average Bonchev–Trinajstić information content (AvgIpc) is 3.67. The molecule has 0 fully saturated rings. The minimum Gasteiger partial charge on any atom is -0.454 e. The van der Waals surface area contributed by atoms with Crippen LogP contribution < -0.4 is 4.90 Å². The van der Waals surface area contributed by atoms with Gasteiger partial charge in [-0.3, -0.25) is 0 Å². The highest BCUT2D eigenvalue weighted by molar-refractivity contribution is 7.25. The normalized spacial score (nSPS) is 11.9. The van der Waals surface area contributed by atoms with E-state index in [2.05, 4.69) is 164 Å². The van der Waals surface area contributed by atoms with Crippen molar-refractivity contribution < 1.29 is 4.42 Å². The second kappa shape index (κ2) is 10.8. The summed E-state index contributed by atoms with van der Waals surface area (Å²) < 4.78 is 9.19. The van der Waals surface area contributed by atoms with Gasteiger partial charge in [-0.25, -0.2) is 0 Å². The molecule has 2 heterocycles. The Morgan fingerprint density at radius 1 is 0.565 bits per heavy atom. The molecule has 0 saturated heterocycles. The molecule has 7 aromatic carbocycles. The van der Waals surface area contributed by atoms with E-state index in [1.807, 2.05) is 17.4 Å². The van der Waals surface area contributed by atoms with Crippen molar-refractivity contribution in [3.63, 3.8) is 0 Å². The maximum absolute atomic E-state index is 6.62. The molecule has 0 radical (unpaired) electrons. The van der Waals surface area contributed by atoms with E-state index in [0.29, 0.717) is 0 Å². The third-order valence-corrected chi connectivity index (χ3v) is 10.1. The molecule has 2 nitrogen and oxygen atoms in total. The highest BCUT2D eigenvalue weighted by Crippen LogP contribution is 2.46. The minimum atomic E-state index is 0.883. The average molecular weight is 608 g/mol. The van der Waals surface area contributed by atoms with E-state index in [1.165, 1.54) is 47.6 Å². The van der Waals surface area contributed by atoms with Gasteiger partial charge in [-0.05, 0) is 71.5 Å². The molecule has 2 aromatic heterocycles. The zero-order chi connectivity index (χ0) is 30.6. The predicted molar refractivity (Wildman–Crippen MR) is 199 cm³/mol. The molecule has 0 aliphatic heterocycles. The molecular formula is C43H29NOS. The molecule has 0 bridgehead atoms. The fourth-order valence-electron chi connectivity index (χ4n) is 6.88. The van der Waals surface area contributed by atoms with Crippen molar-refractivity contribution in [2.24, 2.45) is 0 Å². The first-order valence-electron chi connectivity index (χ1n) is 15.6. The Morgan fingerprint density at radius 3 is 2.24 bits per heavy atom. The van der Waals surface area contributed by atoms with Gasteiger partial charge in [0.2, 0.25) is 0 Å². The lowest BCUT2D eigenvalue weighted by Gasteiger charge is -2.27. The number of rotatable bonds is 5. The number of thiophene rings is 1. The van der Waals surface area contributed by atoms with Gasteiger partial charge in [-0.2, -0.15) is 0 Å². The molecule has 0 spiro atoms. The van der Waals surface area contributed by atoms with Crippen LogP contribution in [0.15, 0.2) is 156 Å². The number of allylic oxidation sites excluding steroid dienone is 1. The van der Waals surface area contributed by atoms with Crippen LogP contribution in [-0.2, 0) is 0 Å². The molecule has 0 atom stereocenters. The summed E-state index contributed by atoms with van der Waals surface area (Å²) in [6.45, 7) is 2.07. The summed E-state index contributed by atoms with van der Waals surface area (Å²) in [5.74, 6) is 0. The van der Waals surface area contributed by atoms with Crippen molar-refractivity contribution >= 4 is 87.4 Å². The van der Waals surface area contributed by atoms with Gasteiger partial charge in [0.15, 0.2) is 5.58 Å². The standard InChI is InChI=1S/C43H29NOS/c1-2-11-28-12-3-4-14-32(28)30-22-24-33-29(26-30)13-9-18-38(33)44(31-23-25-36-35-16-6-8-21-41(35)46-42(36)27-31)39-19-10-17-37-34-15-5-7-20-40(34)45-43(37)39/h2-27H,1H3/b11-2-. The van der Waals surface area contributed by atoms with E-state index in [0.717, 1.165) is 39.0 Å². The molecule has 0 N–H and O–H groups in total. The summed E-state index contributed by atoms with van der Waals surface area (Å²) in [6, 6.07) is 52.4. The van der Waals surface area contributed by atoms with Crippen LogP contribution in [0.5, 0.6) is 0 Å². The van der Waals surface area contributed by atoms with Crippen LogP contribution in [0.3, 0.4) is 0 Å². The third-order valence-electron chi connectivity index (χ3n) is 8.96. The zero-order valence-electron chi connectivity index (χ0n) is 25.3. The van der Waals surface area contributed by atoms with Gasteiger partial charge >= 0.3 is 0 Å². The maximum atomic E-state index is 6.62. The number of furan rings is 1. The lowest BCUT2D eigenvalue weighted by atomic mass is 9.96. The van der Waals surface area contributed by atoms with E-state index in [-0.39, 0.29) is 0 Å². The van der Waals surface area contributed by atoms with Crippen molar-refractivity contribution in [2.45, 2.75) is 6.92 Å². The van der Waals surface area contributed by atoms with Crippen LogP contribution in [0.1, 0.15) is 12.5 Å². The van der Waals surface area contributed by atoms with Crippen molar-refractivity contribution in [1.82, 2.24) is 0 Å². The Bertz CT molecular complexity index is 2620. The minimum absolute atomic E-state index is 0.883. The van der Waals surface area contributed by atoms with Gasteiger partial charge < -0.3 is 9.32 Å². The predicted octanol–water partition coefficient (Wildman–Crippen LogP) is 13.3. The highest BCUT2D eigenvalue weighted by Gasteiger charge is 2.22. The van der Waals surface area contributed by atoms with Gasteiger partial charge in [0.25, 0.3) is 0 Å². The van der Waals surface area contributed by atoms with Crippen molar-refractivity contribution in [2.75, 3.05) is 4.90 Å². The molecule has 0 aliphatic carbocycles. The van der Waals surface area contributed by atoms with Crippen LogP contribution in [-0.4, -0.2) is 0 Å². The number of benzene rings is 7. The third kappa shape index (κ3) is 4.24. The largest absolute Gasteiger partial charge is 0.454 e. The lowest BCUT2D eigenvalue weighted by molar-refractivity contribution is 0.669. The van der Waals surface area contributed by atoms with E-state index in [4.69, 9.17) is 4.42 Å². The van der Waals surface area contributed by atoms with Crippen LogP contribution in [0.25, 0.3) is 70.1 Å². The Balaban J connectivity index is 1.30.